The molecule has 2 aromatic rings. The fraction of sp³-hybridized carbons (Fsp3) is 0.125. The molecule has 5 heteroatoms. The van der Waals surface area contributed by atoms with Gasteiger partial charge in [0.15, 0.2) is 0 Å². The third-order valence-corrected chi connectivity index (χ3v) is 2.85. The number of hydrogen-bond acceptors (Lipinski definition) is 4. The first kappa shape index (κ1) is 10.2. The molecule has 0 aromatic carbocycles. The second-order valence-corrected chi connectivity index (χ2v) is 3.69. The van der Waals surface area contributed by atoms with Gasteiger partial charge in [0, 0.05) is 27.7 Å². The van der Waals surface area contributed by atoms with Crippen molar-refractivity contribution in [3.8, 4) is 0 Å². The van der Waals surface area contributed by atoms with Crippen LogP contribution in [0.25, 0.3) is 10.1 Å². The van der Waals surface area contributed by atoms with Crippen molar-refractivity contribution in [3.05, 3.63) is 23.2 Å². The van der Waals surface area contributed by atoms with Crippen LogP contribution in [0.4, 0.5) is 5.82 Å². The van der Waals surface area contributed by atoms with Gasteiger partial charge in [-0.05, 0) is 12.1 Å². The van der Waals surface area contributed by atoms with Gasteiger partial charge in [-0.3, -0.25) is 0 Å². The van der Waals surface area contributed by atoms with Gasteiger partial charge in [-0.2, -0.15) is 0 Å². The van der Waals surface area contributed by atoms with Crippen LogP contribution in [0.3, 0.4) is 0 Å². The molecule has 2 aromatic heterocycles. The van der Waals surface area contributed by atoms with Crippen LogP contribution in [0.2, 0.25) is 0 Å². The Balaban J connectivity index is 0.000000845. The monoisotopic (exact) mass is 215 g/mol. The minimum absolute atomic E-state index is 0. The molecule has 0 aliphatic rings. The first-order valence-electron chi connectivity index (χ1n) is 3.64. The van der Waals surface area contributed by atoms with Gasteiger partial charge in [0.25, 0.3) is 0 Å². The zero-order valence-electron chi connectivity index (χ0n) is 6.86. The van der Waals surface area contributed by atoms with Crippen molar-refractivity contribution in [3.63, 3.8) is 0 Å². The highest BCUT2D eigenvalue weighted by Gasteiger charge is 2.02. The molecular formula is C8H10ClN3S. The normalized spacial score (nSPS) is 9.92. The van der Waals surface area contributed by atoms with Gasteiger partial charge in [0.1, 0.15) is 5.82 Å². The number of pyridine rings is 1. The van der Waals surface area contributed by atoms with Crippen molar-refractivity contribution in [2.24, 2.45) is 5.73 Å². The van der Waals surface area contributed by atoms with Gasteiger partial charge in [0.05, 0.1) is 0 Å². The van der Waals surface area contributed by atoms with Crippen molar-refractivity contribution >= 4 is 39.6 Å². The summed E-state index contributed by atoms with van der Waals surface area (Å²) in [4.78, 5) is 5.14. The Bertz CT molecular complexity index is 413. The first-order chi connectivity index (χ1) is 5.81. The average molecular weight is 216 g/mol. The van der Waals surface area contributed by atoms with Crippen molar-refractivity contribution in [2.75, 3.05) is 5.73 Å². The quantitative estimate of drug-likeness (QED) is 0.762. The minimum Gasteiger partial charge on any atom is -0.383 e. The fourth-order valence-electron chi connectivity index (χ4n) is 1.14. The van der Waals surface area contributed by atoms with Gasteiger partial charge in [-0.15, -0.1) is 23.7 Å². The lowest BCUT2D eigenvalue weighted by atomic mass is 10.3. The summed E-state index contributed by atoms with van der Waals surface area (Å²) in [7, 11) is 0. The van der Waals surface area contributed by atoms with Crippen LogP contribution in [0, 0.1) is 0 Å². The summed E-state index contributed by atoms with van der Waals surface area (Å²) < 4.78 is 1.16. The largest absolute Gasteiger partial charge is 0.383 e. The van der Waals surface area contributed by atoms with Gasteiger partial charge in [-0.1, -0.05) is 0 Å². The first-order valence-corrected chi connectivity index (χ1v) is 4.46. The molecule has 0 bridgehead atoms. The smallest absolute Gasteiger partial charge is 0.132 e. The number of hydrogen-bond donors (Lipinski definition) is 2. The molecule has 0 fully saturated rings. The van der Waals surface area contributed by atoms with Crippen LogP contribution in [-0.2, 0) is 6.54 Å². The van der Waals surface area contributed by atoms with E-state index in [1.807, 2.05) is 12.1 Å². The van der Waals surface area contributed by atoms with Crippen LogP contribution < -0.4 is 11.5 Å². The highest BCUT2D eigenvalue weighted by molar-refractivity contribution is 7.19. The maximum atomic E-state index is 5.68. The Labute approximate surface area is 86.2 Å². The number of aromatic nitrogens is 1. The standard InChI is InChI=1S/C8H9N3S.ClH/c9-4-5-3-6-7(12-5)1-2-11-8(6)10;/h1-3H,4,9H2,(H2,10,11);1H. The molecule has 0 saturated carbocycles. The lowest BCUT2D eigenvalue weighted by Gasteiger charge is -1.91. The number of nitrogens with two attached hydrogens (primary N) is 2. The van der Waals surface area contributed by atoms with E-state index in [1.165, 1.54) is 0 Å². The lowest BCUT2D eigenvalue weighted by Crippen LogP contribution is -1.91. The minimum atomic E-state index is 0. The van der Waals surface area contributed by atoms with Crippen LogP contribution in [0.15, 0.2) is 18.3 Å². The Morgan fingerprint density at radius 2 is 2.23 bits per heavy atom. The van der Waals surface area contributed by atoms with E-state index < -0.39 is 0 Å². The van der Waals surface area contributed by atoms with Gasteiger partial charge >= 0.3 is 0 Å². The zero-order chi connectivity index (χ0) is 8.55. The van der Waals surface area contributed by atoms with Crippen LogP contribution >= 0.6 is 23.7 Å². The van der Waals surface area contributed by atoms with Crippen molar-refractivity contribution in [1.82, 2.24) is 4.98 Å². The van der Waals surface area contributed by atoms with E-state index in [1.54, 1.807) is 17.5 Å². The SMILES string of the molecule is Cl.NCc1cc2c(N)nccc2s1. The third kappa shape index (κ3) is 1.75. The lowest BCUT2D eigenvalue weighted by molar-refractivity contribution is 1.11. The molecule has 2 heterocycles. The Kier molecular flexibility index (Phi) is 3.08. The summed E-state index contributed by atoms with van der Waals surface area (Å²) in [5, 5.41) is 1.02. The topological polar surface area (TPSA) is 64.9 Å². The second-order valence-electron chi connectivity index (χ2n) is 2.52. The van der Waals surface area contributed by atoms with E-state index in [0.717, 1.165) is 15.0 Å². The predicted molar refractivity (Wildman–Crippen MR) is 59.2 cm³/mol. The number of nitrogen functional groups attached to an aromatic ring is 1. The van der Waals surface area contributed by atoms with Crippen LogP contribution in [0.5, 0.6) is 0 Å². The summed E-state index contributed by atoms with van der Waals surface area (Å²) in [6, 6.07) is 3.96. The molecule has 13 heavy (non-hydrogen) atoms. The van der Waals surface area contributed by atoms with Gasteiger partial charge in [-0.25, -0.2) is 4.98 Å². The summed E-state index contributed by atoms with van der Waals surface area (Å²) in [5.41, 5.74) is 11.2. The van der Waals surface area contributed by atoms with Crippen LogP contribution in [-0.4, -0.2) is 4.98 Å². The Hall–Kier alpha value is -0.840. The highest BCUT2D eigenvalue weighted by Crippen LogP contribution is 2.27. The Morgan fingerprint density at radius 1 is 1.46 bits per heavy atom. The molecule has 0 atom stereocenters. The van der Waals surface area contributed by atoms with Crippen LogP contribution in [0.1, 0.15) is 4.88 Å². The number of thiophene rings is 1. The molecule has 0 aliphatic carbocycles. The number of fused-ring (bicyclic) bond motifs is 1. The van der Waals surface area contributed by atoms with Crippen molar-refractivity contribution < 1.29 is 0 Å². The summed E-state index contributed by atoms with van der Waals surface area (Å²) >= 11 is 1.67. The number of anilines is 1. The molecule has 0 amide bonds. The molecule has 3 nitrogen and oxygen atoms in total. The molecule has 0 unspecified atom stereocenters. The molecule has 0 radical (unpaired) electrons. The number of rotatable bonds is 1. The fourth-order valence-corrected chi connectivity index (χ4v) is 2.08. The van der Waals surface area contributed by atoms with Crippen molar-refractivity contribution in [1.29, 1.82) is 0 Å². The van der Waals surface area contributed by atoms with Crippen molar-refractivity contribution in [2.45, 2.75) is 6.54 Å². The van der Waals surface area contributed by atoms with Gasteiger partial charge in [0.2, 0.25) is 0 Å². The van der Waals surface area contributed by atoms with E-state index in [0.29, 0.717) is 12.4 Å². The second kappa shape index (κ2) is 3.91. The van der Waals surface area contributed by atoms with E-state index in [-0.39, 0.29) is 12.4 Å². The molecule has 4 N–H and O–H groups in total. The van der Waals surface area contributed by atoms with E-state index >= 15 is 0 Å². The maximum Gasteiger partial charge on any atom is 0.132 e. The van der Waals surface area contributed by atoms with E-state index in [4.69, 9.17) is 11.5 Å². The molecule has 0 spiro atoms. The maximum absolute atomic E-state index is 5.68. The van der Waals surface area contributed by atoms with E-state index in [9.17, 15) is 0 Å². The Morgan fingerprint density at radius 3 is 2.85 bits per heavy atom. The number of nitrogens with zero attached hydrogens (tertiary/aromatic N) is 1. The highest BCUT2D eigenvalue weighted by atomic mass is 35.5. The summed E-state index contributed by atoms with van der Waals surface area (Å²) in [5.74, 6) is 0.587. The molecular weight excluding hydrogens is 206 g/mol. The summed E-state index contributed by atoms with van der Waals surface area (Å²) in [6.45, 7) is 0.568. The van der Waals surface area contributed by atoms with Gasteiger partial charge < -0.3 is 11.5 Å². The predicted octanol–water partition coefficient (Wildman–Crippen LogP) is 1.76. The third-order valence-electron chi connectivity index (χ3n) is 1.73. The summed E-state index contributed by atoms with van der Waals surface area (Å²) in [6.07, 6.45) is 1.72. The van der Waals surface area contributed by atoms with E-state index in [2.05, 4.69) is 4.98 Å². The zero-order valence-corrected chi connectivity index (χ0v) is 8.49. The molecule has 70 valence electrons. The molecule has 0 aliphatic heterocycles. The molecule has 2 rings (SSSR count). The average Bonchev–Trinajstić information content (AvgIpc) is 2.49. The number of halogens is 1. The molecule has 0 saturated heterocycles.